The van der Waals surface area contributed by atoms with E-state index in [1.165, 1.54) is 0 Å². The summed E-state index contributed by atoms with van der Waals surface area (Å²) in [5.41, 5.74) is 0.762. The number of carbonyl (C=O) groups excluding carboxylic acids is 1. The van der Waals surface area contributed by atoms with Crippen LogP contribution < -0.4 is 10.6 Å². The molecule has 1 aliphatic carbocycles. The minimum atomic E-state index is 0.0510. The molecular formula is C12H12BrIN2O. The molecule has 3 rings (SSSR count). The molecular weight excluding hydrogens is 395 g/mol. The maximum Gasteiger partial charge on any atom is 0.252 e. The van der Waals surface area contributed by atoms with Crippen molar-refractivity contribution >= 4 is 44.4 Å². The Morgan fingerprint density at radius 3 is 2.82 bits per heavy atom. The smallest absolute Gasteiger partial charge is 0.252 e. The minimum Gasteiger partial charge on any atom is -0.349 e. The fourth-order valence-electron chi connectivity index (χ4n) is 2.53. The lowest BCUT2D eigenvalue weighted by Gasteiger charge is -2.09. The zero-order valence-corrected chi connectivity index (χ0v) is 12.8. The summed E-state index contributed by atoms with van der Waals surface area (Å²) in [7, 11) is 0. The van der Waals surface area contributed by atoms with Crippen LogP contribution in [0.3, 0.4) is 0 Å². The first-order valence-electron chi connectivity index (χ1n) is 5.63. The van der Waals surface area contributed by atoms with E-state index in [2.05, 4.69) is 49.2 Å². The van der Waals surface area contributed by atoms with Gasteiger partial charge in [-0.3, -0.25) is 4.79 Å². The molecule has 1 aromatic carbocycles. The molecule has 5 heteroatoms. The molecule has 1 aliphatic heterocycles. The average Bonchev–Trinajstić information content (AvgIpc) is 2.76. The fourth-order valence-corrected chi connectivity index (χ4v) is 3.47. The van der Waals surface area contributed by atoms with Crippen LogP contribution in [0.1, 0.15) is 10.4 Å². The summed E-state index contributed by atoms with van der Waals surface area (Å²) in [5.74, 6) is 1.36. The van der Waals surface area contributed by atoms with Crippen LogP contribution in [0.2, 0.25) is 0 Å². The summed E-state index contributed by atoms with van der Waals surface area (Å²) < 4.78 is 1.94. The molecule has 1 amide bonds. The second-order valence-corrected chi connectivity index (χ2v) is 6.69. The first-order valence-corrected chi connectivity index (χ1v) is 7.50. The maximum atomic E-state index is 12.1. The van der Waals surface area contributed by atoms with E-state index in [1.54, 1.807) is 0 Å². The molecule has 2 N–H and O–H groups in total. The minimum absolute atomic E-state index is 0.0510. The van der Waals surface area contributed by atoms with Crippen molar-refractivity contribution in [2.75, 3.05) is 13.1 Å². The van der Waals surface area contributed by atoms with Gasteiger partial charge in [-0.2, -0.15) is 0 Å². The molecule has 1 aromatic rings. The lowest BCUT2D eigenvalue weighted by Crippen LogP contribution is -2.32. The molecule has 17 heavy (non-hydrogen) atoms. The number of carbonyl (C=O) groups is 1. The van der Waals surface area contributed by atoms with Crippen molar-refractivity contribution < 1.29 is 4.79 Å². The highest BCUT2D eigenvalue weighted by Gasteiger charge is 2.53. The first kappa shape index (κ1) is 11.9. The van der Waals surface area contributed by atoms with Crippen molar-refractivity contribution in [1.29, 1.82) is 0 Å². The SMILES string of the molecule is O=C(NC1C2CNCC21)c1cc(Br)ccc1I. The van der Waals surface area contributed by atoms with Crippen LogP contribution in [-0.4, -0.2) is 25.0 Å². The molecule has 2 atom stereocenters. The summed E-state index contributed by atoms with van der Waals surface area (Å²) in [4.78, 5) is 12.1. The molecule has 90 valence electrons. The largest absolute Gasteiger partial charge is 0.349 e. The van der Waals surface area contributed by atoms with Crippen molar-refractivity contribution in [2.24, 2.45) is 11.8 Å². The van der Waals surface area contributed by atoms with E-state index in [0.717, 1.165) is 26.7 Å². The Balaban J connectivity index is 1.72. The molecule has 1 saturated carbocycles. The highest BCUT2D eigenvalue weighted by Crippen LogP contribution is 2.41. The number of halogens is 2. The van der Waals surface area contributed by atoms with Crippen molar-refractivity contribution in [2.45, 2.75) is 6.04 Å². The van der Waals surface area contributed by atoms with E-state index >= 15 is 0 Å². The van der Waals surface area contributed by atoms with Gasteiger partial charge >= 0.3 is 0 Å². The van der Waals surface area contributed by atoms with E-state index in [1.807, 2.05) is 18.2 Å². The number of piperidine rings is 1. The lowest BCUT2D eigenvalue weighted by atomic mass is 10.2. The van der Waals surface area contributed by atoms with Gasteiger partial charge in [0.15, 0.2) is 0 Å². The predicted molar refractivity (Wildman–Crippen MR) is 78.0 cm³/mol. The molecule has 0 bridgehead atoms. The Bertz CT molecular complexity index is 470. The van der Waals surface area contributed by atoms with E-state index in [0.29, 0.717) is 17.9 Å². The Kier molecular flexibility index (Phi) is 3.16. The van der Waals surface area contributed by atoms with Gasteiger partial charge in [0.05, 0.1) is 5.56 Å². The molecule has 0 radical (unpaired) electrons. The highest BCUT2D eigenvalue weighted by molar-refractivity contribution is 14.1. The Hall–Kier alpha value is -0.140. The summed E-state index contributed by atoms with van der Waals surface area (Å²) >= 11 is 5.60. The normalized spacial score (nSPS) is 29.9. The summed E-state index contributed by atoms with van der Waals surface area (Å²) in [6.07, 6.45) is 0. The third kappa shape index (κ3) is 2.24. The fraction of sp³-hybridized carbons (Fsp3) is 0.417. The van der Waals surface area contributed by atoms with Gasteiger partial charge < -0.3 is 10.6 Å². The van der Waals surface area contributed by atoms with Gasteiger partial charge in [-0.1, -0.05) is 15.9 Å². The van der Waals surface area contributed by atoms with Crippen molar-refractivity contribution in [3.8, 4) is 0 Å². The van der Waals surface area contributed by atoms with Crippen LogP contribution in [0.25, 0.3) is 0 Å². The summed E-state index contributed by atoms with van der Waals surface area (Å²) in [5, 5.41) is 6.46. The lowest BCUT2D eigenvalue weighted by molar-refractivity contribution is 0.0945. The van der Waals surface area contributed by atoms with E-state index in [4.69, 9.17) is 0 Å². The van der Waals surface area contributed by atoms with Gasteiger partial charge in [-0.25, -0.2) is 0 Å². The standard InChI is InChI=1S/C12H12BrIN2O/c13-6-1-2-10(14)7(3-6)12(17)16-11-8-4-15-5-9(8)11/h1-3,8-9,11,15H,4-5H2,(H,16,17). The average molecular weight is 407 g/mol. The molecule has 0 aromatic heterocycles. The topological polar surface area (TPSA) is 41.1 Å². The van der Waals surface area contributed by atoms with Crippen LogP contribution in [-0.2, 0) is 0 Å². The Morgan fingerprint density at radius 1 is 1.41 bits per heavy atom. The van der Waals surface area contributed by atoms with Crippen LogP contribution in [0.4, 0.5) is 0 Å². The summed E-state index contributed by atoms with van der Waals surface area (Å²) in [6, 6.07) is 6.18. The van der Waals surface area contributed by atoms with Crippen molar-refractivity contribution in [3.05, 3.63) is 31.8 Å². The first-order chi connectivity index (χ1) is 8.16. The van der Waals surface area contributed by atoms with E-state index in [9.17, 15) is 4.79 Å². The van der Waals surface area contributed by atoms with Crippen LogP contribution >= 0.6 is 38.5 Å². The van der Waals surface area contributed by atoms with Gasteiger partial charge in [0.1, 0.15) is 0 Å². The van der Waals surface area contributed by atoms with E-state index < -0.39 is 0 Å². The number of hydrogen-bond donors (Lipinski definition) is 2. The molecule has 0 spiro atoms. The number of nitrogens with one attached hydrogen (secondary N) is 2. The number of amides is 1. The quantitative estimate of drug-likeness (QED) is 0.737. The van der Waals surface area contributed by atoms with Gasteiger partial charge in [-0.15, -0.1) is 0 Å². The van der Waals surface area contributed by atoms with Crippen LogP contribution in [0.5, 0.6) is 0 Å². The second kappa shape index (κ2) is 4.51. The van der Waals surface area contributed by atoms with E-state index in [-0.39, 0.29) is 5.91 Å². The third-order valence-corrected chi connectivity index (χ3v) is 5.00. The number of fused-ring (bicyclic) bond motifs is 1. The van der Waals surface area contributed by atoms with Crippen molar-refractivity contribution in [3.63, 3.8) is 0 Å². The predicted octanol–water partition coefficient (Wildman–Crippen LogP) is 2.00. The number of hydrogen-bond acceptors (Lipinski definition) is 2. The molecule has 1 saturated heterocycles. The Labute approximate surface area is 122 Å². The summed E-state index contributed by atoms with van der Waals surface area (Å²) in [6.45, 7) is 2.09. The molecule has 1 heterocycles. The number of benzene rings is 1. The van der Waals surface area contributed by atoms with Gasteiger partial charge in [-0.05, 0) is 52.6 Å². The second-order valence-electron chi connectivity index (χ2n) is 4.61. The van der Waals surface area contributed by atoms with Gasteiger partial charge in [0.2, 0.25) is 0 Å². The zero-order chi connectivity index (χ0) is 12.0. The molecule has 3 nitrogen and oxygen atoms in total. The maximum absolute atomic E-state index is 12.1. The highest BCUT2D eigenvalue weighted by atomic mass is 127. The molecule has 2 aliphatic rings. The monoisotopic (exact) mass is 406 g/mol. The van der Waals surface area contributed by atoms with Crippen molar-refractivity contribution in [1.82, 2.24) is 10.6 Å². The van der Waals surface area contributed by atoms with Gasteiger partial charge in [0, 0.05) is 27.2 Å². The van der Waals surface area contributed by atoms with Crippen LogP contribution in [0.15, 0.2) is 22.7 Å². The molecule has 2 unspecified atom stereocenters. The van der Waals surface area contributed by atoms with Gasteiger partial charge in [0.25, 0.3) is 5.91 Å². The zero-order valence-electron chi connectivity index (χ0n) is 9.04. The van der Waals surface area contributed by atoms with Crippen LogP contribution in [0, 0.1) is 15.4 Å². The Morgan fingerprint density at radius 2 is 2.12 bits per heavy atom. The number of rotatable bonds is 2. The third-order valence-electron chi connectivity index (χ3n) is 3.56. The molecule has 2 fully saturated rings.